The molecule has 0 bridgehead atoms. The second-order valence-corrected chi connectivity index (χ2v) is 14.5. The molecule has 190 valence electrons. The topological polar surface area (TPSA) is 4.93 Å². The number of para-hydroxylation sites is 1. The number of hydrogen-bond acceptors (Lipinski definition) is 3. The molecule has 2 aromatic heterocycles. The predicted octanol–water partition coefficient (Wildman–Crippen LogP) is 10.4. The quantitative estimate of drug-likeness (QED) is 0.180. The van der Waals surface area contributed by atoms with Crippen LogP contribution in [-0.4, -0.2) is 9.84 Å². The maximum atomic E-state index is 2.51. The molecule has 0 atom stereocenters. The smallest absolute Gasteiger partial charge is 0.309 e. The van der Waals surface area contributed by atoms with Gasteiger partial charge in [-0.2, -0.15) is 23.2 Å². The third-order valence-electron chi connectivity index (χ3n) is 8.65. The van der Waals surface area contributed by atoms with Gasteiger partial charge in [-0.3, -0.25) is 0 Å². The van der Waals surface area contributed by atoms with Crippen molar-refractivity contribution in [3.05, 3.63) is 121 Å². The summed E-state index contributed by atoms with van der Waals surface area (Å²) in [7, 11) is 0. The maximum Gasteiger partial charge on any atom is 0.318 e. The van der Waals surface area contributed by atoms with Gasteiger partial charge in [-0.05, 0) is 76.2 Å². The third kappa shape index (κ3) is 3.12. The summed E-state index contributed by atoms with van der Waals surface area (Å²) in [5, 5.41) is 5.67. The van der Waals surface area contributed by atoms with Crippen molar-refractivity contribution in [2.75, 3.05) is 0 Å². The number of nitrogens with zero attached hydrogens (tertiary/aromatic N) is 1. The van der Waals surface area contributed by atoms with E-state index in [0.29, 0.717) is 5.27 Å². The summed E-state index contributed by atoms with van der Waals surface area (Å²) in [4.78, 5) is 2.74. The summed E-state index contributed by atoms with van der Waals surface area (Å²) in [6, 6.07) is 45.4. The van der Waals surface area contributed by atoms with Gasteiger partial charge in [0.2, 0.25) is 0 Å². The van der Waals surface area contributed by atoms with Crippen molar-refractivity contribution >= 4 is 87.3 Å². The lowest BCUT2D eigenvalue weighted by Crippen LogP contribution is -2.33. The van der Waals surface area contributed by atoms with Crippen LogP contribution in [0, 0.1) is 0 Å². The van der Waals surface area contributed by atoms with E-state index in [-0.39, 0.29) is 0 Å². The molecule has 5 heteroatoms. The molecule has 0 fully saturated rings. The van der Waals surface area contributed by atoms with Crippen LogP contribution < -0.4 is 5.46 Å². The van der Waals surface area contributed by atoms with E-state index in [9.17, 15) is 0 Å². The zero-order chi connectivity index (χ0) is 26.7. The molecule has 0 aliphatic carbocycles. The largest absolute Gasteiger partial charge is 0.318 e. The van der Waals surface area contributed by atoms with Crippen LogP contribution in [0.5, 0.6) is 0 Å². The Morgan fingerprint density at radius 1 is 0.463 bits per heavy atom. The third-order valence-corrected chi connectivity index (χ3v) is 12.5. The summed E-state index contributed by atoms with van der Waals surface area (Å²) in [5.74, 6) is 0. The van der Waals surface area contributed by atoms with E-state index in [1.165, 1.54) is 85.2 Å². The molecular formula is C36H20BNS3. The number of fused-ring (bicyclic) bond motifs is 10. The van der Waals surface area contributed by atoms with Crippen molar-refractivity contribution in [2.24, 2.45) is 0 Å². The monoisotopic (exact) mass is 573 g/mol. The van der Waals surface area contributed by atoms with E-state index in [0.717, 1.165) is 0 Å². The molecule has 0 amide bonds. The minimum absolute atomic E-state index is 0.357. The van der Waals surface area contributed by atoms with Crippen LogP contribution in [0.4, 0.5) is 0 Å². The van der Waals surface area contributed by atoms with E-state index < -0.39 is 0 Å². The summed E-state index contributed by atoms with van der Waals surface area (Å²) < 4.78 is 5.19. The Hall–Kier alpha value is -3.90. The molecule has 4 heterocycles. The fourth-order valence-corrected chi connectivity index (χ4v) is 11.0. The zero-order valence-corrected chi connectivity index (χ0v) is 24.2. The molecular weight excluding hydrogens is 553 g/mol. The van der Waals surface area contributed by atoms with Crippen molar-refractivity contribution in [1.29, 1.82) is 0 Å². The Labute approximate surface area is 249 Å². The number of hydrogen-bond donors (Lipinski definition) is 0. The summed E-state index contributed by atoms with van der Waals surface area (Å²) >= 11 is 5.89. The first-order valence-electron chi connectivity index (χ1n) is 13.9. The molecule has 0 spiro atoms. The van der Waals surface area contributed by atoms with Gasteiger partial charge in [0.1, 0.15) is 0 Å². The van der Waals surface area contributed by atoms with Crippen LogP contribution in [0.25, 0.3) is 69.9 Å². The van der Waals surface area contributed by atoms with E-state index >= 15 is 0 Å². The van der Waals surface area contributed by atoms with E-state index in [2.05, 4.69) is 126 Å². The van der Waals surface area contributed by atoms with Gasteiger partial charge in [0.25, 0.3) is 0 Å². The van der Waals surface area contributed by atoms with Crippen LogP contribution >= 0.6 is 34.6 Å². The summed E-state index contributed by atoms with van der Waals surface area (Å²) in [5.41, 5.74) is 10.6. The highest BCUT2D eigenvalue weighted by Gasteiger charge is 2.37. The SMILES string of the molecule is c1ccc2c(c1)SB1Sc3ccccc3-c3cc(-n4c5ccccc5c5cc6c(cc54)sc4ccccc46)cc-2c31. The van der Waals surface area contributed by atoms with Crippen LogP contribution in [0.3, 0.4) is 0 Å². The molecule has 0 N–H and O–H groups in total. The Kier molecular flexibility index (Phi) is 4.62. The standard InChI is InChI=1S/C36H20BNS3/c1-5-13-30-22(9-1)26-19-27-23-10-2-6-14-32(23)39-35(27)20-31(26)38(30)21-17-28-24-11-3-7-15-33(24)40-37-36(28)29(18-21)25-12-4-8-16-34(25)41-37/h1-20H. The molecule has 0 unspecified atom stereocenters. The van der Waals surface area contributed by atoms with Crippen LogP contribution in [0.1, 0.15) is 0 Å². The first kappa shape index (κ1) is 22.8. The lowest BCUT2D eigenvalue weighted by atomic mass is 9.77. The first-order chi connectivity index (χ1) is 20.3. The van der Waals surface area contributed by atoms with E-state index in [1.54, 1.807) is 0 Å². The summed E-state index contributed by atoms with van der Waals surface area (Å²) in [6.45, 7) is 0. The Balaban J connectivity index is 1.35. The molecule has 8 aromatic rings. The Bertz CT molecular complexity index is 2330. The van der Waals surface area contributed by atoms with Crippen molar-refractivity contribution in [3.8, 4) is 27.9 Å². The molecule has 6 aromatic carbocycles. The van der Waals surface area contributed by atoms with Gasteiger partial charge in [0.05, 0.1) is 11.0 Å². The molecule has 10 rings (SSSR count). The lowest BCUT2D eigenvalue weighted by Gasteiger charge is -2.32. The fourth-order valence-electron chi connectivity index (χ4n) is 6.89. The number of aromatic nitrogens is 1. The lowest BCUT2D eigenvalue weighted by molar-refractivity contribution is 1.18. The van der Waals surface area contributed by atoms with Gasteiger partial charge >= 0.3 is 5.27 Å². The molecule has 2 aliphatic rings. The van der Waals surface area contributed by atoms with Gasteiger partial charge in [0.15, 0.2) is 0 Å². The second-order valence-electron chi connectivity index (χ2n) is 10.8. The summed E-state index contributed by atoms with van der Waals surface area (Å²) in [6.07, 6.45) is 0. The van der Waals surface area contributed by atoms with Gasteiger partial charge in [-0.1, -0.05) is 72.8 Å². The zero-order valence-electron chi connectivity index (χ0n) is 21.8. The fraction of sp³-hybridized carbons (Fsp3) is 0. The van der Waals surface area contributed by atoms with Gasteiger partial charge in [-0.15, -0.1) is 11.3 Å². The van der Waals surface area contributed by atoms with Gasteiger partial charge in [-0.25, -0.2) is 0 Å². The van der Waals surface area contributed by atoms with E-state index in [1.807, 2.05) is 34.6 Å². The molecule has 41 heavy (non-hydrogen) atoms. The molecule has 0 saturated heterocycles. The predicted molar refractivity (Wildman–Crippen MR) is 182 cm³/mol. The van der Waals surface area contributed by atoms with E-state index in [4.69, 9.17) is 0 Å². The average Bonchev–Trinajstić information content (AvgIpc) is 3.54. The van der Waals surface area contributed by atoms with Crippen molar-refractivity contribution in [1.82, 2.24) is 4.57 Å². The normalized spacial score (nSPS) is 13.6. The molecule has 0 radical (unpaired) electrons. The Morgan fingerprint density at radius 3 is 1.85 bits per heavy atom. The highest BCUT2D eigenvalue weighted by atomic mass is 32.2. The van der Waals surface area contributed by atoms with Gasteiger partial charge < -0.3 is 4.57 Å². The number of thiophene rings is 1. The molecule has 2 aliphatic heterocycles. The Morgan fingerprint density at radius 2 is 1.10 bits per heavy atom. The second kappa shape index (κ2) is 8.33. The van der Waals surface area contributed by atoms with Crippen LogP contribution in [0.2, 0.25) is 0 Å². The number of rotatable bonds is 1. The minimum Gasteiger partial charge on any atom is -0.309 e. The minimum atomic E-state index is 0.357. The molecule has 1 nitrogen and oxygen atoms in total. The van der Waals surface area contributed by atoms with Gasteiger partial charge in [0, 0.05) is 46.4 Å². The van der Waals surface area contributed by atoms with Crippen molar-refractivity contribution in [3.63, 3.8) is 0 Å². The highest BCUT2D eigenvalue weighted by Crippen LogP contribution is 2.50. The highest BCUT2D eigenvalue weighted by molar-refractivity contribution is 8.56. The van der Waals surface area contributed by atoms with Crippen LogP contribution in [-0.2, 0) is 0 Å². The van der Waals surface area contributed by atoms with Crippen molar-refractivity contribution in [2.45, 2.75) is 9.79 Å². The first-order valence-corrected chi connectivity index (χ1v) is 16.4. The maximum absolute atomic E-state index is 2.51. The van der Waals surface area contributed by atoms with Crippen LogP contribution in [0.15, 0.2) is 131 Å². The molecule has 0 saturated carbocycles. The van der Waals surface area contributed by atoms with Crippen molar-refractivity contribution < 1.29 is 0 Å². The average molecular weight is 574 g/mol. The number of benzene rings is 6.